The molecular formula is C8H6ClF3N2O. The maximum Gasteiger partial charge on any atom is 0.471 e. The Morgan fingerprint density at radius 2 is 2.13 bits per heavy atom. The Labute approximate surface area is 88.3 Å². The maximum absolute atomic E-state index is 11.9. The fourth-order valence-electron chi connectivity index (χ4n) is 0.826. The maximum atomic E-state index is 11.9. The number of anilines is 1. The fourth-order valence-corrected chi connectivity index (χ4v) is 0.984. The molecule has 0 radical (unpaired) electrons. The predicted molar refractivity (Wildman–Crippen MR) is 48.7 cm³/mol. The Balaban J connectivity index is 2.90. The number of pyridine rings is 1. The van der Waals surface area contributed by atoms with Gasteiger partial charge in [0, 0.05) is 11.9 Å². The van der Waals surface area contributed by atoms with Gasteiger partial charge in [-0.05, 0) is 18.6 Å². The highest BCUT2D eigenvalue weighted by atomic mass is 35.5. The number of nitrogens with zero attached hydrogens (tertiary/aromatic N) is 1. The smallest absolute Gasteiger partial charge is 0.318 e. The van der Waals surface area contributed by atoms with Crippen LogP contribution in [0.3, 0.4) is 0 Å². The van der Waals surface area contributed by atoms with E-state index in [4.69, 9.17) is 11.6 Å². The zero-order valence-corrected chi connectivity index (χ0v) is 8.28. The highest BCUT2D eigenvalue weighted by Crippen LogP contribution is 2.21. The number of carbonyl (C=O) groups excluding carboxylic acids is 1. The van der Waals surface area contributed by atoms with Crippen LogP contribution in [0.2, 0.25) is 5.15 Å². The highest BCUT2D eigenvalue weighted by molar-refractivity contribution is 6.29. The second-order valence-electron chi connectivity index (χ2n) is 2.77. The van der Waals surface area contributed by atoms with Crippen LogP contribution in [0, 0.1) is 6.92 Å². The van der Waals surface area contributed by atoms with Gasteiger partial charge in [-0.2, -0.15) is 13.2 Å². The van der Waals surface area contributed by atoms with Crippen molar-refractivity contribution >= 4 is 23.2 Å². The number of halogens is 4. The summed E-state index contributed by atoms with van der Waals surface area (Å²) >= 11 is 5.47. The number of hydrogen-bond acceptors (Lipinski definition) is 2. The monoisotopic (exact) mass is 238 g/mol. The lowest BCUT2D eigenvalue weighted by Gasteiger charge is -2.09. The lowest BCUT2D eigenvalue weighted by atomic mass is 10.2. The molecular weight excluding hydrogens is 233 g/mol. The van der Waals surface area contributed by atoms with Gasteiger partial charge >= 0.3 is 12.1 Å². The molecule has 0 fully saturated rings. The van der Waals surface area contributed by atoms with Crippen LogP contribution in [0.5, 0.6) is 0 Å². The van der Waals surface area contributed by atoms with Crippen LogP contribution in [0.15, 0.2) is 12.3 Å². The molecule has 0 aliphatic rings. The second-order valence-corrected chi connectivity index (χ2v) is 3.16. The van der Waals surface area contributed by atoms with Gasteiger partial charge < -0.3 is 5.32 Å². The molecule has 1 aromatic heterocycles. The van der Waals surface area contributed by atoms with Gasteiger partial charge in [-0.25, -0.2) is 4.98 Å². The van der Waals surface area contributed by atoms with Crippen LogP contribution < -0.4 is 5.32 Å². The van der Waals surface area contributed by atoms with E-state index in [2.05, 4.69) is 4.98 Å². The Hall–Kier alpha value is -1.30. The third-order valence-corrected chi connectivity index (χ3v) is 1.78. The molecule has 82 valence electrons. The topological polar surface area (TPSA) is 42.0 Å². The lowest BCUT2D eigenvalue weighted by Crippen LogP contribution is -2.30. The Bertz CT molecular complexity index is 392. The van der Waals surface area contributed by atoms with Crippen molar-refractivity contribution in [2.75, 3.05) is 5.32 Å². The predicted octanol–water partition coefficient (Wildman–Crippen LogP) is 2.54. The van der Waals surface area contributed by atoms with Crippen molar-refractivity contribution in [2.45, 2.75) is 13.1 Å². The summed E-state index contributed by atoms with van der Waals surface area (Å²) in [6, 6.07) is 1.15. The average Bonchev–Trinajstić information content (AvgIpc) is 2.09. The number of hydrogen-bond donors (Lipinski definition) is 1. The molecule has 0 unspecified atom stereocenters. The van der Waals surface area contributed by atoms with E-state index >= 15 is 0 Å². The van der Waals surface area contributed by atoms with Crippen molar-refractivity contribution in [2.24, 2.45) is 0 Å². The summed E-state index contributed by atoms with van der Waals surface area (Å²) in [5.74, 6) is -2.03. The summed E-state index contributed by atoms with van der Waals surface area (Å²) in [5.41, 5.74) is 0.398. The molecule has 0 atom stereocenters. The summed E-state index contributed by atoms with van der Waals surface area (Å²) in [6.07, 6.45) is -3.64. The zero-order valence-electron chi connectivity index (χ0n) is 7.52. The number of carbonyl (C=O) groups is 1. The molecule has 0 aliphatic heterocycles. The molecule has 3 nitrogen and oxygen atoms in total. The number of nitrogens with one attached hydrogen (secondary N) is 1. The molecule has 0 spiro atoms. The van der Waals surface area contributed by atoms with Crippen molar-refractivity contribution in [3.05, 3.63) is 23.0 Å². The minimum absolute atomic E-state index is 0.00248. The first-order valence-corrected chi connectivity index (χ1v) is 4.19. The first-order valence-electron chi connectivity index (χ1n) is 3.81. The normalized spacial score (nSPS) is 11.3. The van der Waals surface area contributed by atoms with E-state index in [1.807, 2.05) is 0 Å². The van der Waals surface area contributed by atoms with Gasteiger partial charge in [0.25, 0.3) is 0 Å². The van der Waals surface area contributed by atoms with E-state index in [1.165, 1.54) is 13.1 Å². The first kappa shape index (κ1) is 11.8. The average molecular weight is 239 g/mol. The van der Waals surface area contributed by atoms with Gasteiger partial charge in [-0.3, -0.25) is 4.79 Å². The SMILES string of the molecule is Cc1cnc(Cl)cc1NC(=O)C(F)(F)F. The molecule has 1 aromatic rings. The Morgan fingerprint density at radius 3 is 2.67 bits per heavy atom. The molecule has 1 amide bonds. The van der Waals surface area contributed by atoms with Crippen molar-refractivity contribution in [1.29, 1.82) is 0 Å². The van der Waals surface area contributed by atoms with Crippen LogP contribution >= 0.6 is 11.6 Å². The molecule has 0 aliphatic carbocycles. The molecule has 1 rings (SSSR count). The molecule has 1 N–H and O–H groups in total. The minimum Gasteiger partial charge on any atom is -0.318 e. The molecule has 0 aromatic carbocycles. The molecule has 0 bridgehead atoms. The standard InChI is InChI=1S/C8H6ClF3N2O/c1-4-3-13-6(9)2-5(4)14-7(15)8(10,11)12/h2-3H,1H3,(H,13,14,15). The summed E-state index contributed by atoms with van der Waals surface area (Å²) in [6.45, 7) is 1.51. The quantitative estimate of drug-likeness (QED) is 0.764. The first-order chi connectivity index (χ1) is 6.80. The van der Waals surface area contributed by atoms with Crippen LogP contribution in [-0.2, 0) is 4.79 Å². The largest absolute Gasteiger partial charge is 0.471 e. The summed E-state index contributed by atoms with van der Waals surface area (Å²) in [5, 5.41) is 1.71. The van der Waals surface area contributed by atoms with Crippen LogP contribution in [-0.4, -0.2) is 17.1 Å². The van der Waals surface area contributed by atoms with E-state index < -0.39 is 12.1 Å². The van der Waals surface area contributed by atoms with Crippen molar-refractivity contribution < 1.29 is 18.0 Å². The number of rotatable bonds is 1. The van der Waals surface area contributed by atoms with E-state index in [0.717, 1.165) is 6.07 Å². The third kappa shape index (κ3) is 3.09. The van der Waals surface area contributed by atoms with E-state index in [0.29, 0.717) is 5.56 Å². The van der Waals surface area contributed by atoms with E-state index in [1.54, 1.807) is 5.32 Å². The van der Waals surface area contributed by atoms with E-state index in [9.17, 15) is 18.0 Å². The summed E-state index contributed by atoms with van der Waals surface area (Å²) < 4.78 is 35.7. The lowest BCUT2D eigenvalue weighted by molar-refractivity contribution is -0.167. The third-order valence-electron chi connectivity index (χ3n) is 1.58. The van der Waals surface area contributed by atoms with Crippen molar-refractivity contribution in [3.63, 3.8) is 0 Å². The Kier molecular flexibility index (Phi) is 3.18. The number of aryl methyl sites for hydroxylation is 1. The Morgan fingerprint density at radius 1 is 1.53 bits per heavy atom. The fraction of sp³-hybridized carbons (Fsp3) is 0.250. The van der Waals surface area contributed by atoms with Crippen molar-refractivity contribution in [1.82, 2.24) is 4.98 Å². The van der Waals surface area contributed by atoms with Gasteiger partial charge in [-0.15, -0.1) is 0 Å². The van der Waals surface area contributed by atoms with E-state index in [-0.39, 0.29) is 10.8 Å². The molecule has 1 heterocycles. The van der Waals surface area contributed by atoms with Gasteiger partial charge in [0.2, 0.25) is 0 Å². The number of aromatic nitrogens is 1. The summed E-state index contributed by atoms with van der Waals surface area (Å²) in [7, 11) is 0. The zero-order chi connectivity index (χ0) is 11.6. The van der Waals surface area contributed by atoms with Gasteiger partial charge in [0.15, 0.2) is 0 Å². The minimum atomic E-state index is -4.91. The summed E-state index contributed by atoms with van der Waals surface area (Å²) in [4.78, 5) is 14.2. The van der Waals surface area contributed by atoms with Gasteiger partial charge in [-0.1, -0.05) is 11.6 Å². The van der Waals surface area contributed by atoms with Crippen molar-refractivity contribution in [3.8, 4) is 0 Å². The van der Waals surface area contributed by atoms with Crippen LogP contribution in [0.25, 0.3) is 0 Å². The molecule has 7 heteroatoms. The van der Waals surface area contributed by atoms with Crippen LogP contribution in [0.4, 0.5) is 18.9 Å². The van der Waals surface area contributed by atoms with Gasteiger partial charge in [0.05, 0.1) is 0 Å². The molecule has 0 saturated carbocycles. The second kappa shape index (κ2) is 4.06. The van der Waals surface area contributed by atoms with Gasteiger partial charge in [0.1, 0.15) is 5.15 Å². The highest BCUT2D eigenvalue weighted by Gasteiger charge is 2.38. The number of alkyl halides is 3. The van der Waals surface area contributed by atoms with Crippen LogP contribution in [0.1, 0.15) is 5.56 Å². The molecule has 0 saturated heterocycles. The number of amides is 1. The molecule has 15 heavy (non-hydrogen) atoms.